The molecule has 5 nitrogen and oxygen atoms in total. The van der Waals surface area contributed by atoms with Gasteiger partial charge in [0.15, 0.2) is 0 Å². The van der Waals surface area contributed by atoms with Crippen LogP contribution in [0.25, 0.3) is 0 Å². The molecule has 0 heterocycles. The smallest absolute Gasteiger partial charge is 0.306 e. The fraction of sp³-hybridized carbons (Fsp3) is 0.467. The maximum absolute atomic E-state index is 11.8. The Labute approximate surface area is 119 Å². The highest BCUT2D eigenvalue weighted by Gasteiger charge is 2.10. The first-order valence-corrected chi connectivity index (χ1v) is 6.84. The molecule has 1 aromatic carbocycles. The Morgan fingerprint density at radius 3 is 2.50 bits per heavy atom. The van der Waals surface area contributed by atoms with Crippen molar-refractivity contribution < 1.29 is 14.7 Å². The van der Waals surface area contributed by atoms with Crippen molar-refractivity contribution in [3.63, 3.8) is 0 Å². The van der Waals surface area contributed by atoms with Crippen LogP contribution in [0.2, 0.25) is 0 Å². The van der Waals surface area contributed by atoms with Gasteiger partial charge in [0.25, 0.3) is 5.91 Å². The summed E-state index contributed by atoms with van der Waals surface area (Å²) >= 11 is 0. The second kappa shape index (κ2) is 8.32. The van der Waals surface area contributed by atoms with E-state index >= 15 is 0 Å². The van der Waals surface area contributed by atoms with Gasteiger partial charge in [0, 0.05) is 12.1 Å². The second-order valence-corrected chi connectivity index (χ2v) is 4.87. The quantitative estimate of drug-likeness (QED) is 0.627. The third kappa shape index (κ3) is 5.40. The molecular weight excluding hydrogens is 256 g/mol. The molecule has 0 aliphatic carbocycles. The fourth-order valence-corrected chi connectivity index (χ4v) is 1.83. The molecule has 110 valence electrons. The largest absolute Gasteiger partial charge is 0.481 e. The van der Waals surface area contributed by atoms with Gasteiger partial charge < -0.3 is 16.2 Å². The number of carboxylic acid groups (broad SMARTS) is 1. The summed E-state index contributed by atoms with van der Waals surface area (Å²) in [6, 6.07) is 7.35. The van der Waals surface area contributed by atoms with Gasteiger partial charge in [-0.15, -0.1) is 0 Å². The first-order chi connectivity index (χ1) is 9.54. The summed E-state index contributed by atoms with van der Waals surface area (Å²) in [6.07, 6.45) is 2.02. The van der Waals surface area contributed by atoms with Crippen LogP contribution in [0.4, 0.5) is 0 Å². The van der Waals surface area contributed by atoms with Crippen molar-refractivity contribution in [1.29, 1.82) is 0 Å². The number of hydrogen-bond donors (Lipinski definition) is 3. The Hall–Kier alpha value is -1.88. The molecule has 4 N–H and O–H groups in total. The van der Waals surface area contributed by atoms with E-state index in [0.717, 1.165) is 12.0 Å². The van der Waals surface area contributed by atoms with Crippen molar-refractivity contribution >= 4 is 11.9 Å². The third-order valence-corrected chi connectivity index (χ3v) is 3.17. The molecule has 0 aromatic heterocycles. The van der Waals surface area contributed by atoms with Crippen LogP contribution in [0, 0.1) is 5.92 Å². The van der Waals surface area contributed by atoms with Crippen molar-refractivity contribution in [2.45, 2.75) is 26.2 Å². The van der Waals surface area contributed by atoms with Crippen LogP contribution >= 0.6 is 0 Å². The number of amides is 1. The highest BCUT2D eigenvalue weighted by atomic mass is 16.4. The predicted octanol–water partition coefficient (Wildman–Crippen LogP) is 1.42. The van der Waals surface area contributed by atoms with Gasteiger partial charge in [-0.1, -0.05) is 19.1 Å². The van der Waals surface area contributed by atoms with E-state index in [9.17, 15) is 9.59 Å². The van der Waals surface area contributed by atoms with E-state index in [4.69, 9.17) is 10.8 Å². The zero-order valence-electron chi connectivity index (χ0n) is 11.8. The Morgan fingerprint density at radius 2 is 1.95 bits per heavy atom. The second-order valence-electron chi connectivity index (χ2n) is 4.87. The minimum Gasteiger partial charge on any atom is -0.481 e. The summed E-state index contributed by atoms with van der Waals surface area (Å²) in [5.41, 5.74) is 7.18. The van der Waals surface area contributed by atoms with Gasteiger partial charge in [0.1, 0.15) is 0 Å². The lowest BCUT2D eigenvalue weighted by Gasteiger charge is -2.08. The third-order valence-electron chi connectivity index (χ3n) is 3.17. The molecule has 1 aromatic rings. The van der Waals surface area contributed by atoms with Gasteiger partial charge in [-0.25, -0.2) is 0 Å². The number of hydrogen-bond acceptors (Lipinski definition) is 3. The van der Waals surface area contributed by atoms with Crippen LogP contribution in [0.3, 0.4) is 0 Å². The van der Waals surface area contributed by atoms with E-state index in [1.54, 1.807) is 19.1 Å². The molecule has 0 radical (unpaired) electrons. The van der Waals surface area contributed by atoms with E-state index in [2.05, 4.69) is 5.32 Å². The maximum atomic E-state index is 11.8. The molecule has 0 bridgehead atoms. The summed E-state index contributed by atoms with van der Waals surface area (Å²) < 4.78 is 0. The highest BCUT2D eigenvalue weighted by Crippen LogP contribution is 2.06. The van der Waals surface area contributed by atoms with Crippen LogP contribution < -0.4 is 11.1 Å². The van der Waals surface area contributed by atoms with Gasteiger partial charge in [-0.05, 0) is 43.5 Å². The maximum Gasteiger partial charge on any atom is 0.306 e. The van der Waals surface area contributed by atoms with Crippen LogP contribution in [-0.2, 0) is 11.2 Å². The monoisotopic (exact) mass is 278 g/mol. The zero-order valence-corrected chi connectivity index (χ0v) is 11.8. The number of nitrogens with one attached hydrogen (secondary N) is 1. The molecule has 1 amide bonds. The Bertz CT molecular complexity index is 443. The molecule has 1 rings (SSSR count). The van der Waals surface area contributed by atoms with Gasteiger partial charge in [-0.3, -0.25) is 9.59 Å². The number of nitrogens with two attached hydrogens (primary N) is 1. The van der Waals surface area contributed by atoms with Gasteiger partial charge in [-0.2, -0.15) is 0 Å². The number of carboxylic acids is 1. The lowest BCUT2D eigenvalue weighted by atomic mass is 10.1. The summed E-state index contributed by atoms with van der Waals surface area (Å²) in [5.74, 6) is -1.30. The lowest BCUT2D eigenvalue weighted by Crippen LogP contribution is -2.25. The Morgan fingerprint density at radius 1 is 1.30 bits per heavy atom. The van der Waals surface area contributed by atoms with Crippen molar-refractivity contribution in [1.82, 2.24) is 5.32 Å². The average Bonchev–Trinajstić information content (AvgIpc) is 2.44. The molecule has 0 aliphatic heterocycles. The fourth-order valence-electron chi connectivity index (χ4n) is 1.83. The van der Waals surface area contributed by atoms with Crippen molar-refractivity contribution in [2.24, 2.45) is 11.7 Å². The highest BCUT2D eigenvalue weighted by molar-refractivity contribution is 5.94. The molecule has 0 fully saturated rings. The molecule has 1 unspecified atom stereocenters. The van der Waals surface area contributed by atoms with E-state index < -0.39 is 5.97 Å². The number of rotatable bonds is 8. The van der Waals surface area contributed by atoms with Crippen LogP contribution in [0.5, 0.6) is 0 Å². The predicted molar refractivity (Wildman–Crippen MR) is 77.6 cm³/mol. The van der Waals surface area contributed by atoms with Gasteiger partial charge in [0.05, 0.1) is 5.92 Å². The van der Waals surface area contributed by atoms with E-state index in [1.165, 1.54) is 0 Å². The standard InChI is InChI=1S/C15H22N2O3/c1-11(15(19)20)3-2-10-17-14(18)13-6-4-12(5-7-13)8-9-16/h4-7,11H,2-3,8-10,16H2,1H3,(H,17,18)(H,19,20). The molecular formula is C15H22N2O3. The van der Waals surface area contributed by atoms with Crippen molar-refractivity contribution in [2.75, 3.05) is 13.1 Å². The molecule has 0 saturated carbocycles. The number of carbonyl (C=O) groups is 2. The summed E-state index contributed by atoms with van der Waals surface area (Å²) in [7, 11) is 0. The molecule has 0 spiro atoms. The van der Waals surface area contributed by atoms with Gasteiger partial charge in [0.2, 0.25) is 0 Å². The molecule has 1 atom stereocenters. The van der Waals surface area contributed by atoms with Gasteiger partial charge >= 0.3 is 5.97 Å². The van der Waals surface area contributed by atoms with E-state index in [-0.39, 0.29) is 11.8 Å². The zero-order chi connectivity index (χ0) is 15.0. The minimum absolute atomic E-state index is 0.132. The first kappa shape index (κ1) is 16.2. The molecule has 0 aliphatic rings. The topological polar surface area (TPSA) is 92.4 Å². The normalized spacial score (nSPS) is 11.9. The number of carbonyl (C=O) groups excluding carboxylic acids is 1. The number of aliphatic carboxylic acids is 1. The minimum atomic E-state index is -0.799. The molecule has 0 saturated heterocycles. The summed E-state index contributed by atoms with van der Waals surface area (Å²) in [6.45, 7) is 2.74. The molecule has 5 heteroatoms. The average molecular weight is 278 g/mol. The van der Waals surface area contributed by atoms with E-state index in [1.807, 2.05) is 12.1 Å². The van der Waals surface area contributed by atoms with Crippen LogP contribution in [0.1, 0.15) is 35.7 Å². The van der Waals surface area contributed by atoms with E-state index in [0.29, 0.717) is 31.5 Å². The Balaban J connectivity index is 2.33. The summed E-state index contributed by atoms with van der Waals surface area (Å²) in [4.78, 5) is 22.5. The number of benzene rings is 1. The van der Waals surface area contributed by atoms with Crippen LogP contribution in [0.15, 0.2) is 24.3 Å². The van der Waals surface area contributed by atoms with Crippen LogP contribution in [-0.4, -0.2) is 30.1 Å². The van der Waals surface area contributed by atoms with Crippen molar-refractivity contribution in [3.8, 4) is 0 Å². The first-order valence-electron chi connectivity index (χ1n) is 6.84. The Kier molecular flexibility index (Phi) is 6.73. The SMILES string of the molecule is CC(CCCNC(=O)c1ccc(CCN)cc1)C(=O)O. The summed E-state index contributed by atoms with van der Waals surface area (Å²) in [5, 5.41) is 11.5. The van der Waals surface area contributed by atoms with Crippen molar-refractivity contribution in [3.05, 3.63) is 35.4 Å². The molecule has 20 heavy (non-hydrogen) atoms. The lowest BCUT2D eigenvalue weighted by molar-refractivity contribution is -0.141.